The standard InChI is InChI=1S/C13H23N3/c1-10(2)11(9-14-12-4-5-12)8-13-6-7-16(3)15-13/h6-7,10-12,14H,4-5,8-9H2,1-3H3. The predicted molar refractivity (Wildman–Crippen MR) is 66.3 cm³/mol. The molecule has 0 spiro atoms. The van der Waals surface area contributed by atoms with Crippen LogP contribution in [0.2, 0.25) is 0 Å². The van der Waals surface area contributed by atoms with Crippen LogP contribution in [-0.2, 0) is 13.5 Å². The van der Waals surface area contributed by atoms with Crippen molar-refractivity contribution in [1.29, 1.82) is 0 Å². The maximum Gasteiger partial charge on any atom is 0.0627 e. The van der Waals surface area contributed by atoms with E-state index in [2.05, 4.69) is 30.3 Å². The van der Waals surface area contributed by atoms with Crippen molar-refractivity contribution in [3.05, 3.63) is 18.0 Å². The van der Waals surface area contributed by atoms with E-state index in [1.54, 1.807) is 0 Å². The number of aromatic nitrogens is 2. The molecular weight excluding hydrogens is 198 g/mol. The maximum absolute atomic E-state index is 4.46. The molecule has 3 nitrogen and oxygen atoms in total. The van der Waals surface area contributed by atoms with Gasteiger partial charge in [-0.1, -0.05) is 13.8 Å². The Labute approximate surface area is 98.2 Å². The molecule has 0 aromatic carbocycles. The number of aryl methyl sites for hydroxylation is 1. The van der Waals surface area contributed by atoms with Crippen LogP contribution in [0.1, 0.15) is 32.4 Å². The van der Waals surface area contributed by atoms with Crippen molar-refractivity contribution in [2.45, 2.75) is 39.2 Å². The summed E-state index contributed by atoms with van der Waals surface area (Å²) in [5, 5.41) is 8.09. The fourth-order valence-corrected chi connectivity index (χ4v) is 1.99. The molecule has 2 rings (SSSR count). The van der Waals surface area contributed by atoms with E-state index in [1.165, 1.54) is 18.5 Å². The first-order chi connectivity index (χ1) is 7.65. The fraction of sp³-hybridized carbons (Fsp3) is 0.769. The molecule has 0 saturated heterocycles. The van der Waals surface area contributed by atoms with Crippen molar-refractivity contribution in [3.8, 4) is 0 Å². The van der Waals surface area contributed by atoms with Gasteiger partial charge in [-0.3, -0.25) is 4.68 Å². The van der Waals surface area contributed by atoms with E-state index in [4.69, 9.17) is 0 Å². The van der Waals surface area contributed by atoms with Crippen molar-refractivity contribution in [2.24, 2.45) is 18.9 Å². The van der Waals surface area contributed by atoms with Gasteiger partial charge in [0.2, 0.25) is 0 Å². The Kier molecular flexibility index (Phi) is 3.64. The van der Waals surface area contributed by atoms with Gasteiger partial charge in [0, 0.05) is 19.3 Å². The molecular formula is C13H23N3. The van der Waals surface area contributed by atoms with Gasteiger partial charge in [-0.2, -0.15) is 5.10 Å². The quantitative estimate of drug-likeness (QED) is 0.796. The second-order valence-corrected chi connectivity index (χ2v) is 5.37. The zero-order valence-electron chi connectivity index (χ0n) is 10.6. The summed E-state index contributed by atoms with van der Waals surface area (Å²) in [4.78, 5) is 0. The van der Waals surface area contributed by atoms with Crippen molar-refractivity contribution in [3.63, 3.8) is 0 Å². The average Bonchev–Trinajstić information content (AvgIpc) is 2.96. The normalized spacial score (nSPS) is 18.0. The lowest BCUT2D eigenvalue weighted by Crippen LogP contribution is -2.29. The van der Waals surface area contributed by atoms with E-state index in [-0.39, 0.29) is 0 Å². The summed E-state index contributed by atoms with van der Waals surface area (Å²) in [6, 6.07) is 2.94. The second-order valence-electron chi connectivity index (χ2n) is 5.37. The summed E-state index contributed by atoms with van der Waals surface area (Å²) in [5.41, 5.74) is 1.22. The molecule has 1 aliphatic carbocycles. The lowest BCUT2D eigenvalue weighted by molar-refractivity contribution is 0.356. The minimum Gasteiger partial charge on any atom is -0.314 e. The van der Waals surface area contributed by atoms with Crippen LogP contribution >= 0.6 is 0 Å². The first kappa shape index (κ1) is 11.6. The Bertz CT molecular complexity index is 326. The molecule has 3 heteroatoms. The maximum atomic E-state index is 4.46. The first-order valence-corrected chi connectivity index (χ1v) is 6.37. The number of nitrogens with one attached hydrogen (secondary N) is 1. The van der Waals surface area contributed by atoms with Crippen LogP contribution in [0, 0.1) is 11.8 Å². The van der Waals surface area contributed by atoms with E-state index >= 15 is 0 Å². The zero-order valence-corrected chi connectivity index (χ0v) is 10.6. The Morgan fingerprint density at radius 1 is 1.50 bits per heavy atom. The molecule has 1 heterocycles. The fourth-order valence-electron chi connectivity index (χ4n) is 1.99. The largest absolute Gasteiger partial charge is 0.314 e. The van der Waals surface area contributed by atoms with Crippen LogP contribution in [0.25, 0.3) is 0 Å². The van der Waals surface area contributed by atoms with E-state index in [1.807, 2.05) is 17.9 Å². The van der Waals surface area contributed by atoms with Crippen LogP contribution in [0.15, 0.2) is 12.3 Å². The third-order valence-corrected chi connectivity index (χ3v) is 3.43. The molecule has 0 bridgehead atoms. The minimum atomic E-state index is 0.704. The number of hydrogen-bond donors (Lipinski definition) is 1. The van der Waals surface area contributed by atoms with Crippen molar-refractivity contribution >= 4 is 0 Å². The number of rotatable bonds is 6. The molecule has 1 aromatic rings. The highest BCUT2D eigenvalue weighted by Gasteiger charge is 2.23. The Morgan fingerprint density at radius 3 is 2.75 bits per heavy atom. The summed E-state index contributed by atoms with van der Waals surface area (Å²) in [5.74, 6) is 1.42. The SMILES string of the molecule is CC(C)C(CNC1CC1)Cc1ccn(C)n1. The summed E-state index contributed by atoms with van der Waals surface area (Å²) in [6.07, 6.45) is 5.86. The molecule has 16 heavy (non-hydrogen) atoms. The molecule has 90 valence electrons. The van der Waals surface area contributed by atoms with Gasteiger partial charge in [0.15, 0.2) is 0 Å². The molecule has 1 aromatic heterocycles. The van der Waals surface area contributed by atoms with Gasteiger partial charge in [-0.05, 0) is 43.7 Å². The summed E-state index contributed by atoms with van der Waals surface area (Å²) >= 11 is 0. The monoisotopic (exact) mass is 221 g/mol. The molecule has 1 fully saturated rings. The summed E-state index contributed by atoms with van der Waals surface area (Å²) < 4.78 is 1.89. The van der Waals surface area contributed by atoms with Gasteiger partial charge in [0.25, 0.3) is 0 Å². The first-order valence-electron chi connectivity index (χ1n) is 6.37. The van der Waals surface area contributed by atoms with Crippen LogP contribution in [0.3, 0.4) is 0 Å². The molecule has 1 saturated carbocycles. The summed E-state index contributed by atoms with van der Waals surface area (Å²) in [6.45, 7) is 5.75. The van der Waals surface area contributed by atoms with Crippen molar-refractivity contribution in [2.75, 3.05) is 6.54 Å². The van der Waals surface area contributed by atoms with Crippen LogP contribution < -0.4 is 5.32 Å². The molecule has 0 radical (unpaired) electrons. The molecule has 1 aliphatic rings. The third kappa shape index (κ3) is 3.34. The molecule has 1 N–H and O–H groups in total. The second kappa shape index (κ2) is 5.00. The van der Waals surface area contributed by atoms with Gasteiger partial charge in [-0.25, -0.2) is 0 Å². The smallest absolute Gasteiger partial charge is 0.0627 e. The molecule has 1 unspecified atom stereocenters. The molecule has 1 atom stereocenters. The lowest BCUT2D eigenvalue weighted by Gasteiger charge is -2.20. The third-order valence-electron chi connectivity index (χ3n) is 3.43. The Morgan fingerprint density at radius 2 is 2.25 bits per heavy atom. The Balaban J connectivity index is 1.85. The van der Waals surface area contributed by atoms with E-state index in [0.29, 0.717) is 11.8 Å². The highest BCUT2D eigenvalue weighted by Crippen LogP contribution is 2.21. The Hall–Kier alpha value is -0.830. The predicted octanol–water partition coefficient (Wildman–Crippen LogP) is 1.99. The van der Waals surface area contributed by atoms with Gasteiger partial charge < -0.3 is 5.32 Å². The number of nitrogens with zero attached hydrogens (tertiary/aromatic N) is 2. The van der Waals surface area contributed by atoms with Crippen LogP contribution in [-0.4, -0.2) is 22.4 Å². The molecule has 0 amide bonds. The van der Waals surface area contributed by atoms with Crippen LogP contribution in [0.5, 0.6) is 0 Å². The van der Waals surface area contributed by atoms with Gasteiger partial charge in [-0.15, -0.1) is 0 Å². The highest BCUT2D eigenvalue weighted by molar-refractivity contribution is 5.00. The summed E-state index contributed by atoms with van der Waals surface area (Å²) in [7, 11) is 1.98. The number of hydrogen-bond acceptors (Lipinski definition) is 2. The van der Waals surface area contributed by atoms with Crippen molar-refractivity contribution < 1.29 is 0 Å². The van der Waals surface area contributed by atoms with Gasteiger partial charge in [0.05, 0.1) is 5.69 Å². The molecule has 0 aliphatic heterocycles. The van der Waals surface area contributed by atoms with E-state index < -0.39 is 0 Å². The van der Waals surface area contributed by atoms with Crippen molar-refractivity contribution in [1.82, 2.24) is 15.1 Å². The van der Waals surface area contributed by atoms with E-state index in [0.717, 1.165) is 19.0 Å². The van der Waals surface area contributed by atoms with Gasteiger partial charge in [0.1, 0.15) is 0 Å². The lowest BCUT2D eigenvalue weighted by atomic mass is 9.91. The van der Waals surface area contributed by atoms with Crippen LogP contribution in [0.4, 0.5) is 0 Å². The van der Waals surface area contributed by atoms with E-state index in [9.17, 15) is 0 Å². The zero-order chi connectivity index (χ0) is 11.5. The van der Waals surface area contributed by atoms with Gasteiger partial charge >= 0.3 is 0 Å². The minimum absolute atomic E-state index is 0.704. The topological polar surface area (TPSA) is 29.9 Å². The average molecular weight is 221 g/mol. The highest BCUT2D eigenvalue weighted by atomic mass is 15.2.